The number of hydrogen-bond donors (Lipinski definition) is 0. The molecule has 3 heteroatoms. The maximum Gasteiger partial charge on any atom is 0.106 e. The third-order valence-corrected chi connectivity index (χ3v) is 2.00. The van der Waals surface area contributed by atoms with Crippen LogP contribution in [-0.4, -0.2) is 17.8 Å². The molecule has 0 unspecified atom stereocenters. The van der Waals surface area contributed by atoms with E-state index >= 15 is 0 Å². The molecule has 0 aliphatic heterocycles. The summed E-state index contributed by atoms with van der Waals surface area (Å²) in [4.78, 5) is 8.98. The SMILES string of the molecule is CO/N=C1\CCc2cccnc21. The molecule has 1 aliphatic carbocycles. The van der Waals surface area contributed by atoms with Crippen LogP contribution in [0.4, 0.5) is 0 Å². The second kappa shape index (κ2) is 2.93. The van der Waals surface area contributed by atoms with E-state index in [4.69, 9.17) is 4.84 Å². The van der Waals surface area contributed by atoms with Crippen LogP contribution < -0.4 is 0 Å². The number of oxime groups is 1. The molecule has 0 spiro atoms. The summed E-state index contributed by atoms with van der Waals surface area (Å²) in [6.07, 6.45) is 3.76. The third kappa shape index (κ3) is 1.07. The molecule has 0 bridgehead atoms. The minimum Gasteiger partial charge on any atom is -0.399 e. The molecule has 3 nitrogen and oxygen atoms in total. The Morgan fingerprint density at radius 3 is 3.25 bits per heavy atom. The molecular weight excluding hydrogens is 152 g/mol. The zero-order valence-corrected chi connectivity index (χ0v) is 6.95. The molecule has 12 heavy (non-hydrogen) atoms. The molecule has 0 N–H and O–H groups in total. The van der Waals surface area contributed by atoms with Crippen molar-refractivity contribution in [3.8, 4) is 0 Å². The summed E-state index contributed by atoms with van der Waals surface area (Å²) in [5.41, 5.74) is 3.24. The van der Waals surface area contributed by atoms with Crippen molar-refractivity contribution >= 4 is 5.71 Å². The highest BCUT2D eigenvalue weighted by molar-refractivity contribution is 6.02. The van der Waals surface area contributed by atoms with E-state index in [1.807, 2.05) is 6.07 Å². The van der Waals surface area contributed by atoms with Gasteiger partial charge < -0.3 is 4.84 Å². The third-order valence-electron chi connectivity index (χ3n) is 2.00. The number of pyridine rings is 1. The highest BCUT2D eigenvalue weighted by Crippen LogP contribution is 2.19. The Morgan fingerprint density at radius 1 is 1.50 bits per heavy atom. The lowest BCUT2D eigenvalue weighted by molar-refractivity contribution is 0.213. The predicted octanol–water partition coefficient (Wildman–Crippen LogP) is 1.38. The molecule has 0 fully saturated rings. The van der Waals surface area contributed by atoms with Crippen LogP contribution in [0.3, 0.4) is 0 Å². The van der Waals surface area contributed by atoms with Crippen molar-refractivity contribution in [2.75, 3.05) is 7.11 Å². The van der Waals surface area contributed by atoms with Gasteiger partial charge in [-0.3, -0.25) is 4.98 Å². The summed E-state index contributed by atoms with van der Waals surface area (Å²) in [5.74, 6) is 0. The van der Waals surface area contributed by atoms with Gasteiger partial charge in [-0.15, -0.1) is 0 Å². The Balaban J connectivity index is 2.43. The molecule has 1 aromatic rings. The fourth-order valence-electron chi connectivity index (χ4n) is 1.47. The molecule has 0 aromatic carbocycles. The van der Waals surface area contributed by atoms with Gasteiger partial charge in [-0.25, -0.2) is 0 Å². The van der Waals surface area contributed by atoms with Crippen LogP contribution >= 0.6 is 0 Å². The summed E-state index contributed by atoms with van der Waals surface area (Å²) in [7, 11) is 1.56. The van der Waals surface area contributed by atoms with Crippen LogP contribution in [-0.2, 0) is 11.3 Å². The van der Waals surface area contributed by atoms with Gasteiger partial charge in [-0.2, -0.15) is 0 Å². The minimum atomic E-state index is 0.945. The quantitative estimate of drug-likeness (QED) is 0.584. The predicted molar refractivity (Wildman–Crippen MR) is 46.1 cm³/mol. The lowest BCUT2D eigenvalue weighted by Gasteiger charge is -1.95. The van der Waals surface area contributed by atoms with Gasteiger partial charge in [0.2, 0.25) is 0 Å². The van der Waals surface area contributed by atoms with E-state index in [9.17, 15) is 0 Å². The first-order valence-corrected chi connectivity index (χ1v) is 3.96. The number of aryl methyl sites for hydroxylation is 1. The molecule has 0 saturated heterocycles. The Bertz CT molecular complexity index is 320. The van der Waals surface area contributed by atoms with Gasteiger partial charge in [0.25, 0.3) is 0 Å². The normalized spacial score (nSPS) is 17.9. The molecule has 1 aliphatic rings. The summed E-state index contributed by atoms with van der Waals surface area (Å²) < 4.78 is 0. The maximum absolute atomic E-state index is 4.73. The lowest BCUT2D eigenvalue weighted by Crippen LogP contribution is -1.97. The molecule has 0 saturated carbocycles. The van der Waals surface area contributed by atoms with Crippen molar-refractivity contribution in [1.82, 2.24) is 4.98 Å². The van der Waals surface area contributed by atoms with Gasteiger partial charge in [0.05, 0.1) is 5.69 Å². The highest BCUT2D eigenvalue weighted by atomic mass is 16.6. The van der Waals surface area contributed by atoms with Crippen LogP contribution in [0.5, 0.6) is 0 Å². The van der Waals surface area contributed by atoms with Crippen LogP contribution in [0, 0.1) is 0 Å². The van der Waals surface area contributed by atoms with Crippen molar-refractivity contribution in [2.24, 2.45) is 5.16 Å². The van der Waals surface area contributed by atoms with Gasteiger partial charge in [-0.05, 0) is 24.5 Å². The van der Waals surface area contributed by atoms with Crippen molar-refractivity contribution in [1.29, 1.82) is 0 Å². The first-order valence-electron chi connectivity index (χ1n) is 3.96. The van der Waals surface area contributed by atoms with Crippen LogP contribution in [0.25, 0.3) is 0 Å². The van der Waals surface area contributed by atoms with E-state index in [0.29, 0.717) is 0 Å². The maximum atomic E-state index is 4.73. The number of rotatable bonds is 1. The summed E-state index contributed by atoms with van der Waals surface area (Å²) in [5, 5.41) is 3.92. The van der Waals surface area contributed by atoms with E-state index in [-0.39, 0.29) is 0 Å². The number of nitrogens with zero attached hydrogens (tertiary/aromatic N) is 2. The van der Waals surface area contributed by atoms with E-state index in [2.05, 4.69) is 16.2 Å². The van der Waals surface area contributed by atoms with Crippen molar-refractivity contribution in [3.63, 3.8) is 0 Å². The average Bonchev–Trinajstić information content (AvgIpc) is 2.50. The zero-order valence-electron chi connectivity index (χ0n) is 6.95. The largest absolute Gasteiger partial charge is 0.399 e. The monoisotopic (exact) mass is 162 g/mol. The zero-order chi connectivity index (χ0) is 8.39. The highest BCUT2D eigenvalue weighted by Gasteiger charge is 2.18. The first kappa shape index (κ1) is 7.28. The molecule has 0 amide bonds. The summed E-state index contributed by atoms with van der Waals surface area (Å²) in [6, 6.07) is 4.04. The number of hydrogen-bond acceptors (Lipinski definition) is 3. The van der Waals surface area contributed by atoms with Crippen LogP contribution in [0.15, 0.2) is 23.5 Å². The number of fused-ring (bicyclic) bond motifs is 1. The fraction of sp³-hybridized carbons (Fsp3) is 0.333. The molecule has 62 valence electrons. The van der Waals surface area contributed by atoms with Crippen LogP contribution in [0.1, 0.15) is 17.7 Å². The fourth-order valence-corrected chi connectivity index (χ4v) is 1.47. The summed E-state index contributed by atoms with van der Waals surface area (Å²) in [6.45, 7) is 0. The lowest BCUT2D eigenvalue weighted by atomic mass is 10.2. The number of aromatic nitrogens is 1. The Labute approximate surface area is 71.1 Å². The van der Waals surface area contributed by atoms with E-state index < -0.39 is 0 Å². The summed E-state index contributed by atoms with van der Waals surface area (Å²) >= 11 is 0. The van der Waals surface area contributed by atoms with Crippen LogP contribution in [0.2, 0.25) is 0 Å². The smallest absolute Gasteiger partial charge is 0.106 e. The van der Waals surface area contributed by atoms with E-state index in [0.717, 1.165) is 24.2 Å². The topological polar surface area (TPSA) is 34.5 Å². The van der Waals surface area contributed by atoms with Crippen molar-refractivity contribution in [2.45, 2.75) is 12.8 Å². The van der Waals surface area contributed by atoms with Gasteiger partial charge in [-0.1, -0.05) is 11.2 Å². The second-order valence-electron chi connectivity index (χ2n) is 2.73. The molecule has 0 atom stereocenters. The average molecular weight is 162 g/mol. The Morgan fingerprint density at radius 2 is 2.42 bits per heavy atom. The Kier molecular flexibility index (Phi) is 1.78. The first-order chi connectivity index (χ1) is 5.92. The minimum absolute atomic E-state index is 0.945. The van der Waals surface area contributed by atoms with E-state index in [1.165, 1.54) is 5.56 Å². The van der Waals surface area contributed by atoms with Crippen molar-refractivity contribution < 1.29 is 4.84 Å². The molecule has 0 radical (unpaired) electrons. The second-order valence-corrected chi connectivity index (χ2v) is 2.73. The molecular formula is C9H10N2O. The van der Waals surface area contributed by atoms with Gasteiger partial charge in [0.15, 0.2) is 0 Å². The standard InChI is InChI=1S/C9H10N2O/c1-12-11-8-5-4-7-3-2-6-10-9(7)8/h2-3,6H,4-5H2,1H3/b11-8+. The van der Waals surface area contributed by atoms with Gasteiger partial charge in [0.1, 0.15) is 12.8 Å². The van der Waals surface area contributed by atoms with E-state index in [1.54, 1.807) is 13.3 Å². The van der Waals surface area contributed by atoms with Gasteiger partial charge >= 0.3 is 0 Å². The Hall–Kier alpha value is -1.38. The molecule has 2 rings (SSSR count). The molecule has 1 heterocycles. The van der Waals surface area contributed by atoms with Crippen molar-refractivity contribution in [3.05, 3.63) is 29.6 Å². The molecule has 1 aromatic heterocycles. The van der Waals surface area contributed by atoms with Gasteiger partial charge in [0, 0.05) is 6.20 Å².